The predicted molar refractivity (Wildman–Crippen MR) is 202 cm³/mol. The molecule has 2 amide bonds. The second-order valence-corrected chi connectivity index (χ2v) is 15.2. The molecule has 13 heteroatoms. The van der Waals surface area contributed by atoms with Gasteiger partial charge in [0.05, 0.1) is 30.5 Å². The van der Waals surface area contributed by atoms with Gasteiger partial charge < -0.3 is 30.2 Å². The van der Waals surface area contributed by atoms with Crippen LogP contribution >= 0.6 is 23.2 Å². The van der Waals surface area contributed by atoms with E-state index in [0.717, 1.165) is 72.2 Å². The topological polar surface area (TPSA) is 127 Å². The highest BCUT2D eigenvalue weighted by molar-refractivity contribution is 6.36. The highest BCUT2D eigenvalue weighted by atomic mass is 35.5. The third-order valence-corrected chi connectivity index (χ3v) is 11.5. The normalized spacial score (nSPS) is 20.2. The number of hydrogen-bond donors (Lipinski definition) is 3. The standard InChI is InChI=1S/C40H42Cl2N6O5/c1-51-37-23(18-43-19-25-10-14-34(49)44-25)9-12-32(45-37)30-8-4-7-29(36(30)42)26-5-3-6-28-27(26)11-13-33(28)53-39-31(41)17-24(38(46-39)52-2)20-48-21-40(22-48)16-15-35(50)47-40/h3-9,12,17,25,33,43H,10-11,13-16,18-22H2,1-2H3,(H,44,49)(H,47,50)/t25-,33-/m0/s1. The quantitative estimate of drug-likeness (QED) is 0.159. The maximum atomic E-state index is 11.8. The highest BCUT2D eigenvalue weighted by Gasteiger charge is 2.47. The van der Waals surface area contributed by atoms with Crippen molar-refractivity contribution in [3.05, 3.63) is 86.9 Å². The first kappa shape index (κ1) is 35.6. The summed E-state index contributed by atoms with van der Waals surface area (Å²) in [5, 5.41) is 10.6. The number of carbonyl (C=O) groups is 2. The van der Waals surface area contributed by atoms with Crippen LogP contribution in [-0.2, 0) is 29.1 Å². The Labute approximate surface area is 318 Å². The molecule has 1 aliphatic carbocycles. The summed E-state index contributed by atoms with van der Waals surface area (Å²) >= 11 is 14.0. The van der Waals surface area contributed by atoms with Crippen LogP contribution in [0.4, 0.5) is 0 Å². The van der Waals surface area contributed by atoms with Crippen molar-refractivity contribution in [2.45, 2.75) is 69.3 Å². The minimum atomic E-state index is -0.245. The summed E-state index contributed by atoms with van der Waals surface area (Å²) in [6.07, 6.45) is 4.19. The fourth-order valence-electron chi connectivity index (χ4n) is 8.25. The summed E-state index contributed by atoms with van der Waals surface area (Å²) in [5.74, 6) is 1.57. The van der Waals surface area contributed by atoms with E-state index in [1.165, 1.54) is 5.56 Å². The van der Waals surface area contributed by atoms with Crippen molar-refractivity contribution in [3.8, 4) is 40.0 Å². The first-order valence-corrected chi connectivity index (χ1v) is 18.9. The van der Waals surface area contributed by atoms with Gasteiger partial charge in [-0.3, -0.25) is 14.5 Å². The number of nitrogens with zero attached hydrogens (tertiary/aromatic N) is 3. The maximum Gasteiger partial charge on any atom is 0.236 e. The molecule has 0 bridgehead atoms. The number of ether oxygens (including phenoxy) is 3. The molecule has 276 valence electrons. The Balaban J connectivity index is 0.979. The van der Waals surface area contributed by atoms with Crippen LogP contribution in [0.15, 0.2) is 54.6 Å². The Morgan fingerprint density at radius 2 is 1.64 bits per heavy atom. The van der Waals surface area contributed by atoms with Crippen LogP contribution in [0, 0.1) is 0 Å². The number of amides is 2. The van der Waals surface area contributed by atoms with Crippen molar-refractivity contribution in [3.63, 3.8) is 0 Å². The first-order valence-electron chi connectivity index (χ1n) is 18.1. The van der Waals surface area contributed by atoms with Gasteiger partial charge in [-0.2, -0.15) is 4.98 Å². The molecule has 5 heterocycles. The molecule has 3 N–H and O–H groups in total. The molecule has 2 aromatic heterocycles. The zero-order chi connectivity index (χ0) is 36.7. The molecule has 53 heavy (non-hydrogen) atoms. The van der Waals surface area contributed by atoms with Gasteiger partial charge in [0.15, 0.2) is 0 Å². The number of methoxy groups -OCH3 is 2. The molecule has 2 aromatic carbocycles. The zero-order valence-electron chi connectivity index (χ0n) is 29.8. The molecule has 0 unspecified atom stereocenters. The summed E-state index contributed by atoms with van der Waals surface area (Å²) in [7, 11) is 3.22. The van der Waals surface area contributed by atoms with Gasteiger partial charge in [-0.1, -0.05) is 65.7 Å². The van der Waals surface area contributed by atoms with Crippen molar-refractivity contribution in [2.75, 3.05) is 33.9 Å². The molecule has 4 aliphatic rings. The number of likely N-dealkylation sites (tertiary alicyclic amines) is 1. The molecule has 2 atom stereocenters. The number of pyridine rings is 2. The van der Waals surface area contributed by atoms with Gasteiger partial charge in [0.1, 0.15) is 11.1 Å². The molecule has 3 saturated heterocycles. The predicted octanol–water partition coefficient (Wildman–Crippen LogP) is 6.03. The number of carbonyl (C=O) groups excluding carboxylic acids is 2. The number of benzene rings is 2. The second-order valence-electron chi connectivity index (χ2n) is 14.4. The minimum Gasteiger partial charge on any atom is -0.481 e. The van der Waals surface area contributed by atoms with E-state index in [1.807, 2.05) is 42.5 Å². The van der Waals surface area contributed by atoms with Crippen LogP contribution in [-0.4, -0.2) is 72.1 Å². The third kappa shape index (κ3) is 7.15. The van der Waals surface area contributed by atoms with E-state index in [2.05, 4.69) is 33.0 Å². The van der Waals surface area contributed by atoms with Gasteiger partial charge in [-0.25, -0.2) is 4.98 Å². The average Bonchev–Trinajstić information content (AvgIpc) is 3.87. The molecule has 3 aliphatic heterocycles. The highest BCUT2D eigenvalue weighted by Crippen LogP contribution is 2.45. The van der Waals surface area contributed by atoms with Crippen molar-refractivity contribution >= 4 is 35.0 Å². The number of aromatic nitrogens is 2. The number of hydrogen-bond acceptors (Lipinski definition) is 9. The molecule has 0 saturated carbocycles. The van der Waals surface area contributed by atoms with E-state index in [0.29, 0.717) is 65.9 Å². The van der Waals surface area contributed by atoms with E-state index in [4.69, 9.17) is 47.4 Å². The summed E-state index contributed by atoms with van der Waals surface area (Å²) in [5.41, 5.74) is 7.43. The van der Waals surface area contributed by atoms with Crippen LogP contribution in [0.2, 0.25) is 10.0 Å². The Morgan fingerprint density at radius 3 is 2.40 bits per heavy atom. The summed E-state index contributed by atoms with van der Waals surface area (Å²) in [4.78, 5) is 35.1. The van der Waals surface area contributed by atoms with Crippen LogP contribution < -0.4 is 30.2 Å². The van der Waals surface area contributed by atoms with Gasteiger partial charge in [-0.15, -0.1) is 0 Å². The molecule has 11 nitrogen and oxygen atoms in total. The molecule has 0 radical (unpaired) electrons. The van der Waals surface area contributed by atoms with E-state index < -0.39 is 0 Å². The van der Waals surface area contributed by atoms with Gasteiger partial charge in [0, 0.05) is 73.9 Å². The first-order chi connectivity index (χ1) is 25.7. The molecular formula is C40H42Cl2N6O5. The Bertz CT molecular complexity index is 2070. The summed E-state index contributed by atoms with van der Waals surface area (Å²) in [6.45, 7) is 3.46. The van der Waals surface area contributed by atoms with Crippen molar-refractivity contribution in [2.24, 2.45) is 0 Å². The lowest BCUT2D eigenvalue weighted by molar-refractivity contribution is -0.121. The smallest absolute Gasteiger partial charge is 0.236 e. The molecule has 8 rings (SSSR count). The Morgan fingerprint density at radius 1 is 0.868 bits per heavy atom. The largest absolute Gasteiger partial charge is 0.481 e. The van der Waals surface area contributed by atoms with E-state index in [1.54, 1.807) is 14.2 Å². The second kappa shape index (κ2) is 14.8. The van der Waals surface area contributed by atoms with Gasteiger partial charge in [0.25, 0.3) is 0 Å². The molecular weight excluding hydrogens is 715 g/mol. The van der Waals surface area contributed by atoms with E-state index in [-0.39, 0.29) is 29.5 Å². The van der Waals surface area contributed by atoms with Crippen molar-refractivity contribution < 1.29 is 23.8 Å². The monoisotopic (exact) mass is 756 g/mol. The summed E-state index contributed by atoms with van der Waals surface area (Å²) in [6, 6.07) is 18.2. The molecule has 3 fully saturated rings. The van der Waals surface area contributed by atoms with Crippen LogP contribution in [0.1, 0.15) is 60.5 Å². The van der Waals surface area contributed by atoms with Crippen LogP contribution in [0.3, 0.4) is 0 Å². The Hall–Kier alpha value is -4.42. The molecule has 4 aromatic rings. The Kier molecular flexibility index (Phi) is 9.93. The fourth-order valence-corrected chi connectivity index (χ4v) is 8.79. The fraction of sp³-hybridized carbons (Fsp3) is 0.400. The SMILES string of the molecule is COc1nc(-c2cccc(-c3cccc4c3CC[C@@H]4Oc3nc(OC)c(CN4CC5(CCC(=O)N5)C4)cc3Cl)c2Cl)ccc1CNC[C@@H]1CCC(=O)N1. The lowest BCUT2D eigenvalue weighted by Crippen LogP contribution is -2.66. The van der Waals surface area contributed by atoms with Crippen molar-refractivity contribution in [1.82, 2.24) is 30.8 Å². The number of fused-ring (bicyclic) bond motifs is 1. The van der Waals surface area contributed by atoms with Crippen LogP contribution in [0.5, 0.6) is 17.6 Å². The number of halogens is 2. The summed E-state index contributed by atoms with van der Waals surface area (Å²) < 4.78 is 17.9. The van der Waals surface area contributed by atoms with E-state index >= 15 is 0 Å². The zero-order valence-corrected chi connectivity index (χ0v) is 31.3. The third-order valence-electron chi connectivity index (χ3n) is 10.8. The molecule has 1 spiro atoms. The average molecular weight is 758 g/mol. The maximum absolute atomic E-state index is 11.8. The van der Waals surface area contributed by atoms with Gasteiger partial charge in [-0.05, 0) is 54.5 Å². The van der Waals surface area contributed by atoms with Crippen molar-refractivity contribution in [1.29, 1.82) is 0 Å². The van der Waals surface area contributed by atoms with E-state index in [9.17, 15) is 9.59 Å². The lowest BCUT2D eigenvalue weighted by Gasteiger charge is -2.48. The number of rotatable bonds is 12. The van der Waals surface area contributed by atoms with Gasteiger partial charge >= 0.3 is 0 Å². The van der Waals surface area contributed by atoms with Crippen LogP contribution in [0.25, 0.3) is 22.4 Å². The lowest BCUT2D eigenvalue weighted by atomic mass is 9.88. The van der Waals surface area contributed by atoms with Gasteiger partial charge in [0.2, 0.25) is 29.5 Å². The number of nitrogens with one attached hydrogen (secondary N) is 3. The minimum absolute atomic E-state index is 0.101.